The van der Waals surface area contributed by atoms with Gasteiger partial charge in [0, 0.05) is 24.7 Å². The molecule has 0 spiro atoms. The van der Waals surface area contributed by atoms with Gasteiger partial charge >= 0.3 is 0 Å². The fourth-order valence-corrected chi connectivity index (χ4v) is 6.43. The van der Waals surface area contributed by atoms with Crippen molar-refractivity contribution in [2.24, 2.45) is 35.0 Å². The smallest absolute Gasteiger partial charge is 0.139 e. The average molecular weight is 274 g/mol. The number of ketones is 2. The molecule has 2 nitrogen and oxygen atoms in total. The summed E-state index contributed by atoms with van der Waals surface area (Å²) in [6, 6.07) is 0. The molecule has 4 aliphatic rings. The Kier molecular flexibility index (Phi) is 2.88. The molecule has 0 aliphatic heterocycles. The van der Waals surface area contributed by atoms with Crippen LogP contribution < -0.4 is 0 Å². The van der Waals surface area contributed by atoms with Gasteiger partial charge in [0.1, 0.15) is 11.6 Å². The van der Waals surface area contributed by atoms with Crippen LogP contribution in [-0.4, -0.2) is 11.6 Å². The van der Waals surface area contributed by atoms with Gasteiger partial charge in [0.2, 0.25) is 0 Å². The maximum absolute atomic E-state index is 12.3. The molecule has 4 saturated carbocycles. The summed E-state index contributed by atoms with van der Waals surface area (Å²) in [7, 11) is 0. The lowest BCUT2D eigenvalue weighted by Crippen LogP contribution is -2.48. The summed E-state index contributed by atoms with van der Waals surface area (Å²) in [5.41, 5.74) is 0.0124. The van der Waals surface area contributed by atoms with Crippen molar-refractivity contribution in [1.29, 1.82) is 0 Å². The fraction of sp³-hybridized carbons (Fsp3) is 0.889. The van der Waals surface area contributed by atoms with Crippen molar-refractivity contribution < 1.29 is 9.59 Å². The second-order valence-corrected chi connectivity index (χ2v) is 8.13. The Morgan fingerprint density at radius 3 is 2.60 bits per heavy atom. The number of hydrogen-bond donors (Lipinski definition) is 0. The third-order valence-corrected chi connectivity index (χ3v) is 7.47. The van der Waals surface area contributed by atoms with Crippen LogP contribution in [0.5, 0.6) is 0 Å². The Labute approximate surface area is 121 Å². The standard InChI is InChI=1S/C18H26O2/c1-18-9-8-14-13-5-3-12(19)10-11(13)2-4-15(14)16(18)6-7-17(18)20/h11,13-16H,2-10H2,1H3/t11-,13?,14+,15?,16-,18?/m0/s1. The minimum atomic E-state index is 0.0124. The van der Waals surface area contributed by atoms with E-state index in [0.717, 1.165) is 56.3 Å². The first-order valence-corrected chi connectivity index (χ1v) is 8.64. The van der Waals surface area contributed by atoms with Gasteiger partial charge in [0.25, 0.3) is 0 Å². The summed E-state index contributed by atoms with van der Waals surface area (Å²) in [5.74, 6) is 4.79. The third-order valence-electron chi connectivity index (χ3n) is 7.47. The molecule has 0 amide bonds. The van der Waals surface area contributed by atoms with Crippen molar-refractivity contribution in [2.45, 2.75) is 64.7 Å². The summed E-state index contributed by atoms with van der Waals surface area (Å²) >= 11 is 0. The highest BCUT2D eigenvalue weighted by Crippen LogP contribution is 2.61. The van der Waals surface area contributed by atoms with Gasteiger partial charge in [-0.1, -0.05) is 6.92 Å². The van der Waals surface area contributed by atoms with Crippen LogP contribution in [0, 0.1) is 35.0 Å². The van der Waals surface area contributed by atoms with Crippen molar-refractivity contribution in [3.05, 3.63) is 0 Å². The summed E-state index contributed by atoms with van der Waals surface area (Å²) in [5, 5.41) is 0. The highest BCUT2D eigenvalue weighted by molar-refractivity contribution is 5.87. The maximum atomic E-state index is 12.3. The lowest BCUT2D eigenvalue weighted by atomic mass is 9.50. The summed E-state index contributed by atoms with van der Waals surface area (Å²) in [6.45, 7) is 2.25. The van der Waals surface area contributed by atoms with Crippen LogP contribution in [0.2, 0.25) is 0 Å². The molecule has 0 radical (unpaired) electrons. The Morgan fingerprint density at radius 1 is 0.900 bits per heavy atom. The quantitative estimate of drug-likeness (QED) is 0.673. The van der Waals surface area contributed by atoms with Crippen LogP contribution >= 0.6 is 0 Å². The zero-order valence-electron chi connectivity index (χ0n) is 12.6. The van der Waals surface area contributed by atoms with Crippen LogP contribution in [0.3, 0.4) is 0 Å². The van der Waals surface area contributed by atoms with E-state index in [9.17, 15) is 9.59 Å². The van der Waals surface area contributed by atoms with E-state index in [0.29, 0.717) is 23.4 Å². The molecule has 0 aromatic carbocycles. The van der Waals surface area contributed by atoms with Gasteiger partial charge in [0.05, 0.1) is 0 Å². The summed E-state index contributed by atoms with van der Waals surface area (Å²) in [6.07, 6.45) is 9.70. The van der Waals surface area contributed by atoms with Crippen molar-refractivity contribution in [2.75, 3.05) is 0 Å². The Morgan fingerprint density at radius 2 is 1.75 bits per heavy atom. The number of fused-ring (bicyclic) bond motifs is 5. The average Bonchev–Trinajstić information content (AvgIpc) is 2.74. The van der Waals surface area contributed by atoms with Crippen molar-refractivity contribution in [3.8, 4) is 0 Å². The first kappa shape index (κ1) is 13.0. The summed E-state index contributed by atoms with van der Waals surface area (Å²) in [4.78, 5) is 24.0. The normalized spacial score (nSPS) is 51.4. The largest absolute Gasteiger partial charge is 0.300 e. The zero-order valence-corrected chi connectivity index (χ0v) is 12.6. The Hall–Kier alpha value is -0.660. The van der Waals surface area contributed by atoms with Gasteiger partial charge in [0.15, 0.2) is 0 Å². The van der Waals surface area contributed by atoms with E-state index >= 15 is 0 Å². The van der Waals surface area contributed by atoms with Crippen LogP contribution in [0.1, 0.15) is 64.7 Å². The fourth-order valence-electron chi connectivity index (χ4n) is 6.43. The maximum Gasteiger partial charge on any atom is 0.139 e. The molecule has 0 aromatic rings. The highest BCUT2D eigenvalue weighted by atomic mass is 16.1. The van der Waals surface area contributed by atoms with Crippen molar-refractivity contribution in [1.82, 2.24) is 0 Å². The number of hydrogen-bond acceptors (Lipinski definition) is 2. The molecule has 6 atom stereocenters. The lowest BCUT2D eigenvalue weighted by molar-refractivity contribution is -0.134. The van der Waals surface area contributed by atoms with E-state index in [1.807, 2.05) is 0 Å². The van der Waals surface area contributed by atoms with Gasteiger partial charge < -0.3 is 0 Å². The molecular weight excluding hydrogens is 248 g/mol. The molecule has 4 rings (SSSR count). The number of carbonyl (C=O) groups excluding carboxylic acids is 2. The van der Waals surface area contributed by atoms with Crippen molar-refractivity contribution >= 4 is 11.6 Å². The number of rotatable bonds is 0. The van der Waals surface area contributed by atoms with E-state index in [1.165, 1.54) is 19.3 Å². The van der Waals surface area contributed by atoms with Crippen LogP contribution in [0.15, 0.2) is 0 Å². The van der Waals surface area contributed by atoms with Crippen molar-refractivity contribution in [3.63, 3.8) is 0 Å². The first-order valence-electron chi connectivity index (χ1n) is 8.64. The van der Waals surface area contributed by atoms with Gasteiger partial charge in [-0.25, -0.2) is 0 Å². The summed E-state index contributed by atoms with van der Waals surface area (Å²) < 4.78 is 0. The molecule has 110 valence electrons. The Balaban J connectivity index is 1.59. The molecule has 0 N–H and O–H groups in total. The minimum absolute atomic E-state index is 0.0124. The van der Waals surface area contributed by atoms with Crippen LogP contribution in [-0.2, 0) is 9.59 Å². The molecule has 0 aromatic heterocycles. The van der Waals surface area contributed by atoms with Gasteiger partial charge in [-0.3, -0.25) is 9.59 Å². The molecule has 2 heteroatoms. The molecule has 0 heterocycles. The van der Waals surface area contributed by atoms with E-state index in [1.54, 1.807) is 0 Å². The predicted octanol–water partition coefficient (Wildman–Crippen LogP) is 3.78. The molecule has 0 saturated heterocycles. The zero-order chi connectivity index (χ0) is 13.9. The van der Waals surface area contributed by atoms with Crippen LogP contribution in [0.25, 0.3) is 0 Å². The highest BCUT2D eigenvalue weighted by Gasteiger charge is 2.56. The molecule has 3 unspecified atom stereocenters. The van der Waals surface area contributed by atoms with Gasteiger partial charge in [-0.05, 0) is 68.1 Å². The second-order valence-electron chi connectivity index (χ2n) is 8.13. The number of carbonyl (C=O) groups is 2. The predicted molar refractivity (Wildman–Crippen MR) is 77.1 cm³/mol. The van der Waals surface area contributed by atoms with Gasteiger partial charge in [-0.15, -0.1) is 0 Å². The topological polar surface area (TPSA) is 34.1 Å². The monoisotopic (exact) mass is 274 g/mol. The molecule has 4 aliphatic carbocycles. The van der Waals surface area contributed by atoms with E-state index in [2.05, 4.69) is 6.92 Å². The van der Waals surface area contributed by atoms with Gasteiger partial charge in [-0.2, -0.15) is 0 Å². The van der Waals surface area contributed by atoms with E-state index in [4.69, 9.17) is 0 Å². The minimum Gasteiger partial charge on any atom is -0.300 e. The first-order chi connectivity index (χ1) is 9.59. The molecule has 20 heavy (non-hydrogen) atoms. The third kappa shape index (κ3) is 1.69. The van der Waals surface area contributed by atoms with Crippen LogP contribution in [0.4, 0.5) is 0 Å². The molecule has 0 bridgehead atoms. The lowest BCUT2D eigenvalue weighted by Gasteiger charge is -2.53. The van der Waals surface area contributed by atoms with E-state index in [-0.39, 0.29) is 5.41 Å². The second kappa shape index (κ2) is 4.42. The number of Topliss-reactive ketones (excluding diaryl/α,β-unsaturated/α-hetero) is 2. The van der Waals surface area contributed by atoms with E-state index < -0.39 is 0 Å². The molecular formula is C18H26O2. The SMILES string of the molecule is CC12CC[C@@H]3C4CCC(=O)C[C@@H]4CCC3[C@@H]1CCC2=O. The molecule has 4 fully saturated rings. The Bertz CT molecular complexity index is 454.